The number of anilines is 1. The molecule has 3 aromatic rings. The Morgan fingerprint density at radius 2 is 2.04 bits per heavy atom. The summed E-state index contributed by atoms with van der Waals surface area (Å²) in [6.07, 6.45) is 0. The van der Waals surface area contributed by atoms with Crippen molar-refractivity contribution in [2.45, 2.75) is 33.7 Å². The maximum Gasteiger partial charge on any atom is 0.267 e. The lowest BCUT2D eigenvalue weighted by molar-refractivity contribution is -0.118. The summed E-state index contributed by atoms with van der Waals surface area (Å²) in [5, 5.41) is 7.38. The first kappa shape index (κ1) is 17.2. The van der Waals surface area contributed by atoms with Crippen molar-refractivity contribution in [1.29, 1.82) is 0 Å². The number of benzene rings is 1. The van der Waals surface area contributed by atoms with E-state index in [4.69, 9.17) is 16.1 Å². The number of aromatic nitrogens is 3. The van der Waals surface area contributed by atoms with Gasteiger partial charge in [0.05, 0.1) is 5.69 Å². The summed E-state index contributed by atoms with van der Waals surface area (Å²) >= 11 is 5.98. The first-order valence-electron chi connectivity index (χ1n) is 7.71. The largest absolute Gasteiger partial charge is 0.335 e. The Balaban J connectivity index is 2.00. The third-order valence-corrected chi connectivity index (χ3v) is 4.35. The first-order chi connectivity index (χ1) is 11.8. The van der Waals surface area contributed by atoms with Gasteiger partial charge >= 0.3 is 0 Å². The fourth-order valence-electron chi connectivity index (χ4n) is 2.69. The van der Waals surface area contributed by atoms with Crippen LogP contribution >= 0.6 is 11.6 Å². The zero-order valence-corrected chi connectivity index (χ0v) is 15.0. The summed E-state index contributed by atoms with van der Waals surface area (Å²) < 4.78 is 6.38. The quantitative estimate of drug-likeness (QED) is 0.774. The van der Waals surface area contributed by atoms with E-state index in [2.05, 4.69) is 15.5 Å². The minimum atomic E-state index is -0.767. The predicted molar refractivity (Wildman–Crippen MR) is 95.1 cm³/mol. The SMILES string of the molecule is Cc1ccc(Cl)cc1NC(=O)[C@@H](C)n1c(C)nc2onc(C)c2c1=O. The minimum Gasteiger partial charge on any atom is -0.335 e. The molecule has 0 unspecified atom stereocenters. The summed E-state index contributed by atoms with van der Waals surface area (Å²) in [6.45, 7) is 6.81. The predicted octanol–water partition coefficient (Wildman–Crippen LogP) is 3.16. The smallest absolute Gasteiger partial charge is 0.267 e. The highest BCUT2D eigenvalue weighted by molar-refractivity contribution is 6.31. The van der Waals surface area contributed by atoms with Crippen LogP contribution in [0.25, 0.3) is 11.1 Å². The van der Waals surface area contributed by atoms with Gasteiger partial charge in [0.25, 0.3) is 11.3 Å². The van der Waals surface area contributed by atoms with Gasteiger partial charge in [0.15, 0.2) is 0 Å². The van der Waals surface area contributed by atoms with Crippen LogP contribution in [0.2, 0.25) is 5.02 Å². The number of hydrogen-bond acceptors (Lipinski definition) is 5. The highest BCUT2D eigenvalue weighted by atomic mass is 35.5. The van der Waals surface area contributed by atoms with Gasteiger partial charge < -0.3 is 9.84 Å². The summed E-state index contributed by atoms with van der Waals surface area (Å²) in [6, 6.07) is 4.46. The van der Waals surface area contributed by atoms with E-state index in [-0.39, 0.29) is 22.6 Å². The molecule has 0 saturated carbocycles. The lowest BCUT2D eigenvalue weighted by Crippen LogP contribution is -2.34. The molecule has 0 aliphatic carbocycles. The Morgan fingerprint density at radius 3 is 2.76 bits per heavy atom. The zero-order valence-electron chi connectivity index (χ0n) is 14.3. The molecular formula is C17H17ClN4O3. The van der Waals surface area contributed by atoms with Gasteiger partial charge in [-0.3, -0.25) is 14.2 Å². The molecule has 0 bridgehead atoms. The number of nitrogens with zero attached hydrogens (tertiary/aromatic N) is 3. The maximum atomic E-state index is 12.8. The molecule has 1 atom stereocenters. The number of carbonyl (C=O) groups is 1. The van der Waals surface area contributed by atoms with Crippen molar-refractivity contribution in [2.24, 2.45) is 0 Å². The van der Waals surface area contributed by atoms with Crippen molar-refractivity contribution in [2.75, 3.05) is 5.32 Å². The Hall–Kier alpha value is -2.67. The van der Waals surface area contributed by atoms with Gasteiger partial charge in [-0.2, -0.15) is 4.98 Å². The summed E-state index contributed by atoms with van der Waals surface area (Å²) in [7, 11) is 0. The van der Waals surface area contributed by atoms with Gasteiger partial charge in [-0.1, -0.05) is 22.8 Å². The summed E-state index contributed by atoms with van der Waals surface area (Å²) in [4.78, 5) is 29.7. The molecule has 25 heavy (non-hydrogen) atoms. The van der Waals surface area contributed by atoms with Crippen LogP contribution in [-0.2, 0) is 4.79 Å². The van der Waals surface area contributed by atoms with Crippen LogP contribution in [0.3, 0.4) is 0 Å². The minimum absolute atomic E-state index is 0.176. The van der Waals surface area contributed by atoms with E-state index in [1.165, 1.54) is 4.57 Å². The van der Waals surface area contributed by atoms with E-state index in [1.54, 1.807) is 32.9 Å². The normalized spacial score (nSPS) is 12.4. The van der Waals surface area contributed by atoms with Crippen LogP contribution < -0.4 is 10.9 Å². The van der Waals surface area contributed by atoms with Gasteiger partial charge in [0.1, 0.15) is 17.3 Å². The van der Waals surface area contributed by atoms with Crippen molar-refractivity contribution in [3.8, 4) is 0 Å². The van der Waals surface area contributed by atoms with Gasteiger partial charge in [-0.15, -0.1) is 0 Å². The lowest BCUT2D eigenvalue weighted by atomic mass is 10.2. The molecule has 0 saturated heterocycles. The fraction of sp³-hybridized carbons (Fsp3) is 0.294. The second kappa shape index (κ2) is 6.33. The fourth-order valence-corrected chi connectivity index (χ4v) is 2.86. The molecule has 1 aromatic carbocycles. The second-order valence-electron chi connectivity index (χ2n) is 5.91. The summed E-state index contributed by atoms with van der Waals surface area (Å²) in [5.41, 5.74) is 1.74. The number of nitrogens with one attached hydrogen (secondary N) is 1. The Morgan fingerprint density at radius 1 is 1.32 bits per heavy atom. The molecule has 7 nitrogen and oxygen atoms in total. The third-order valence-electron chi connectivity index (χ3n) is 4.11. The van der Waals surface area contributed by atoms with Gasteiger partial charge in [0, 0.05) is 10.7 Å². The molecule has 8 heteroatoms. The topological polar surface area (TPSA) is 90.0 Å². The van der Waals surface area contributed by atoms with Crippen molar-refractivity contribution in [3.05, 3.63) is 50.7 Å². The molecule has 0 fully saturated rings. The van der Waals surface area contributed by atoms with E-state index in [1.807, 2.05) is 13.0 Å². The Bertz CT molecular complexity index is 1040. The van der Waals surface area contributed by atoms with Gasteiger partial charge in [-0.25, -0.2) is 0 Å². The highest BCUT2D eigenvalue weighted by Gasteiger charge is 2.23. The molecule has 1 N–H and O–H groups in total. The van der Waals surface area contributed by atoms with Crippen molar-refractivity contribution in [3.63, 3.8) is 0 Å². The summed E-state index contributed by atoms with van der Waals surface area (Å²) in [5.74, 6) is 0.0324. The zero-order chi connectivity index (χ0) is 18.3. The molecule has 0 radical (unpaired) electrons. The Labute approximate surface area is 148 Å². The van der Waals surface area contributed by atoms with Crippen molar-refractivity contribution < 1.29 is 9.32 Å². The van der Waals surface area contributed by atoms with E-state index in [9.17, 15) is 9.59 Å². The van der Waals surface area contributed by atoms with Crippen molar-refractivity contribution in [1.82, 2.24) is 14.7 Å². The first-order valence-corrected chi connectivity index (χ1v) is 8.09. The van der Waals surface area contributed by atoms with Crippen LogP contribution in [0.1, 0.15) is 30.0 Å². The van der Waals surface area contributed by atoms with E-state index in [0.29, 0.717) is 22.2 Å². The number of fused-ring (bicyclic) bond motifs is 1. The molecule has 0 aliphatic heterocycles. The highest BCUT2D eigenvalue weighted by Crippen LogP contribution is 2.22. The second-order valence-corrected chi connectivity index (χ2v) is 6.34. The van der Waals surface area contributed by atoms with Crippen LogP contribution in [0.5, 0.6) is 0 Å². The molecule has 2 heterocycles. The number of amides is 1. The standard InChI is InChI=1S/C17H17ClN4O3/c1-8-5-6-12(18)7-13(8)20-15(23)10(3)22-11(4)19-16-14(17(22)24)9(2)21-25-16/h5-7,10H,1-4H3,(H,20,23)/t10-/m1/s1. The Kier molecular flexibility index (Phi) is 4.34. The molecular weight excluding hydrogens is 344 g/mol. The average molecular weight is 361 g/mol. The number of rotatable bonds is 3. The number of hydrogen-bond donors (Lipinski definition) is 1. The number of aryl methyl sites for hydroxylation is 3. The molecule has 1 amide bonds. The molecule has 0 spiro atoms. The third kappa shape index (κ3) is 3.02. The lowest BCUT2D eigenvalue weighted by Gasteiger charge is -2.18. The van der Waals surface area contributed by atoms with Crippen LogP contribution in [0.4, 0.5) is 5.69 Å². The van der Waals surface area contributed by atoms with E-state index >= 15 is 0 Å². The molecule has 3 rings (SSSR count). The number of halogens is 1. The maximum absolute atomic E-state index is 12.8. The van der Waals surface area contributed by atoms with Gasteiger partial charge in [-0.05, 0) is 45.4 Å². The average Bonchev–Trinajstić information content (AvgIpc) is 2.91. The number of carbonyl (C=O) groups excluding carboxylic acids is 1. The van der Waals surface area contributed by atoms with Crippen LogP contribution in [0, 0.1) is 20.8 Å². The molecule has 2 aromatic heterocycles. The van der Waals surface area contributed by atoms with E-state index < -0.39 is 6.04 Å². The van der Waals surface area contributed by atoms with E-state index in [0.717, 1.165) is 5.56 Å². The van der Waals surface area contributed by atoms with Crippen molar-refractivity contribution >= 4 is 34.3 Å². The molecule has 130 valence electrons. The monoisotopic (exact) mass is 360 g/mol. The van der Waals surface area contributed by atoms with Gasteiger partial charge in [0.2, 0.25) is 5.91 Å². The van der Waals surface area contributed by atoms with Crippen LogP contribution in [-0.4, -0.2) is 20.6 Å². The van der Waals surface area contributed by atoms with Crippen LogP contribution in [0.15, 0.2) is 27.5 Å². The molecule has 0 aliphatic rings.